The number of nitrogens with one attached hydrogen (secondary N) is 1. The molecule has 20 heavy (non-hydrogen) atoms. The van der Waals surface area contributed by atoms with Crippen molar-refractivity contribution >= 4 is 17.7 Å². The number of carboxylic acids is 1. The fourth-order valence-electron chi connectivity index (χ4n) is 3.02. The Morgan fingerprint density at radius 3 is 2.65 bits per heavy atom. The highest BCUT2D eigenvalue weighted by Gasteiger charge is 2.46. The van der Waals surface area contributed by atoms with Crippen LogP contribution >= 0.6 is 11.8 Å². The van der Waals surface area contributed by atoms with Crippen molar-refractivity contribution in [3.8, 4) is 0 Å². The summed E-state index contributed by atoms with van der Waals surface area (Å²) in [5.41, 5.74) is -0.689. The van der Waals surface area contributed by atoms with Crippen molar-refractivity contribution in [2.75, 3.05) is 0 Å². The van der Waals surface area contributed by atoms with Gasteiger partial charge in [-0.15, -0.1) is 11.8 Å². The second kappa shape index (κ2) is 5.78. The van der Waals surface area contributed by atoms with Crippen molar-refractivity contribution in [3.05, 3.63) is 30.3 Å². The number of thioether (sulfide) groups is 1. The SMILES string of the molecule is O=C(O)C1(NC2CC2)CCCC(Sc2ccccc2)C1. The van der Waals surface area contributed by atoms with Gasteiger partial charge in [-0.25, -0.2) is 0 Å². The van der Waals surface area contributed by atoms with Crippen LogP contribution in [0, 0.1) is 0 Å². The van der Waals surface area contributed by atoms with Crippen molar-refractivity contribution in [1.82, 2.24) is 5.32 Å². The summed E-state index contributed by atoms with van der Waals surface area (Å²) >= 11 is 1.83. The van der Waals surface area contributed by atoms with Gasteiger partial charge in [0.05, 0.1) is 0 Å². The number of carboxylic acid groups (broad SMARTS) is 1. The molecule has 4 heteroatoms. The minimum absolute atomic E-state index is 0.397. The molecule has 2 aliphatic carbocycles. The van der Waals surface area contributed by atoms with Gasteiger partial charge in [0.25, 0.3) is 0 Å². The number of rotatable bonds is 5. The van der Waals surface area contributed by atoms with Gasteiger partial charge in [-0.05, 0) is 50.7 Å². The molecule has 0 saturated heterocycles. The van der Waals surface area contributed by atoms with Gasteiger partial charge in [0, 0.05) is 16.2 Å². The highest BCUT2D eigenvalue weighted by molar-refractivity contribution is 8.00. The fourth-order valence-corrected chi connectivity index (χ4v) is 4.37. The zero-order valence-corrected chi connectivity index (χ0v) is 12.4. The number of aliphatic carboxylic acids is 1. The topological polar surface area (TPSA) is 49.3 Å². The Hall–Kier alpha value is -1.00. The zero-order chi connectivity index (χ0) is 14.0. The normalized spacial score (nSPS) is 30.1. The Labute approximate surface area is 124 Å². The molecule has 0 bridgehead atoms. The maximum atomic E-state index is 11.8. The van der Waals surface area contributed by atoms with Gasteiger partial charge in [0.1, 0.15) is 5.54 Å². The molecule has 3 nitrogen and oxygen atoms in total. The smallest absolute Gasteiger partial charge is 0.323 e. The Morgan fingerprint density at radius 2 is 2.00 bits per heavy atom. The van der Waals surface area contributed by atoms with E-state index in [0.717, 1.165) is 38.5 Å². The largest absolute Gasteiger partial charge is 0.480 e. The third kappa shape index (κ3) is 3.18. The molecule has 2 saturated carbocycles. The highest BCUT2D eigenvalue weighted by atomic mass is 32.2. The van der Waals surface area contributed by atoms with E-state index in [0.29, 0.717) is 11.3 Å². The van der Waals surface area contributed by atoms with E-state index in [2.05, 4.69) is 17.4 Å². The quantitative estimate of drug-likeness (QED) is 0.874. The van der Waals surface area contributed by atoms with Crippen LogP contribution in [0.25, 0.3) is 0 Å². The molecule has 0 amide bonds. The summed E-state index contributed by atoms with van der Waals surface area (Å²) in [6, 6.07) is 10.7. The summed E-state index contributed by atoms with van der Waals surface area (Å²) in [6.07, 6.45) is 5.87. The summed E-state index contributed by atoms with van der Waals surface area (Å²) in [4.78, 5) is 13.0. The van der Waals surface area contributed by atoms with Crippen molar-refractivity contribution in [2.24, 2.45) is 0 Å². The van der Waals surface area contributed by atoms with Crippen molar-refractivity contribution in [1.29, 1.82) is 0 Å². The molecule has 2 fully saturated rings. The number of hydrogen-bond donors (Lipinski definition) is 2. The van der Waals surface area contributed by atoms with E-state index in [1.165, 1.54) is 4.90 Å². The molecular weight excluding hydrogens is 270 g/mol. The Bertz CT molecular complexity index is 475. The van der Waals surface area contributed by atoms with Crippen LogP contribution in [0.1, 0.15) is 38.5 Å². The molecule has 0 spiro atoms. The van der Waals surface area contributed by atoms with E-state index in [1.54, 1.807) is 0 Å². The summed E-state index contributed by atoms with van der Waals surface area (Å²) in [7, 11) is 0. The predicted molar refractivity (Wildman–Crippen MR) is 81.1 cm³/mol. The average Bonchev–Trinajstić information content (AvgIpc) is 3.24. The lowest BCUT2D eigenvalue weighted by molar-refractivity contribution is -0.146. The molecule has 0 heterocycles. The molecule has 0 aliphatic heterocycles. The van der Waals surface area contributed by atoms with E-state index in [9.17, 15) is 9.90 Å². The van der Waals surface area contributed by atoms with Gasteiger partial charge in [0.2, 0.25) is 0 Å². The Kier molecular flexibility index (Phi) is 4.03. The van der Waals surface area contributed by atoms with Gasteiger partial charge in [-0.2, -0.15) is 0 Å². The first kappa shape index (κ1) is 14.0. The minimum atomic E-state index is -0.689. The molecule has 0 radical (unpaired) electrons. The first-order valence-electron chi connectivity index (χ1n) is 7.41. The van der Waals surface area contributed by atoms with Gasteiger partial charge < -0.3 is 5.11 Å². The summed E-state index contributed by atoms with van der Waals surface area (Å²) in [6.45, 7) is 0. The second-order valence-corrected chi connectivity index (χ2v) is 7.33. The number of hydrogen-bond acceptors (Lipinski definition) is 3. The molecule has 108 valence electrons. The predicted octanol–water partition coefficient (Wildman–Crippen LogP) is 3.30. The number of benzene rings is 1. The monoisotopic (exact) mass is 291 g/mol. The van der Waals surface area contributed by atoms with Gasteiger partial charge >= 0.3 is 5.97 Å². The van der Waals surface area contributed by atoms with Gasteiger partial charge in [0.15, 0.2) is 0 Å². The van der Waals surface area contributed by atoms with Gasteiger partial charge in [-0.1, -0.05) is 18.2 Å². The second-order valence-electron chi connectivity index (χ2n) is 5.96. The maximum Gasteiger partial charge on any atom is 0.323 e. The molecule has 1 aromatic rings. The zero-order valence-electron chi connectivity index (χ0n) is 11.5. The van der Waals surface area contributed by atoms with Crippen molar-refractivity contribution < 1.29 is 9.90 Å². The van der Waals surface area contributed by atoms with Gasteiger partial charge in [-0.3, -0.25) is 10.1 Å². The molecular formula is C16H21NO2S. The molecule has 1 aromatic carbocycles. The summed E-state index contributed by atoms with van der Waals surface area (Å²) < 4.78 is 0. The summed E-state index contributed by atoms with van der Waals surface area (Å²) in [5.74, 6) is -0.664. The van der Waals surface area contributed by atoms with Crippen molar-refractivity contribution in [3.63, 3.8) is 0 Å². The lowest BCUT2D eigenvalue weighted by Gasteiger charge is -2.38. The molecule has 2 N–H and O–H groups in total. The van der Waals surface area contributed by atoms with E-state index >= 15 is 0 Å². The fraction of sp³-hybridized carbons (Fsp3) is 0.562. The summed E-state index contributed by atoms with van der Waals surface area (Å²) in [5, 5.41) is 13.5. The molecule has 0 aromatic heterocycles. The van der Waals surface area contributed by atoms with E-state index in [-0.39, 0.29) is 0 Å². The third-order valence-electron chi connectivity index (χ3n) is 4.22. The first-order valence-corrected chi connectivity index (χ1v) is 8.29. The lowest BCUT2D eigenvalue weighted by Crippen LogP contribution is -2.56. The first-order chi connectivity index (χ1) is 9.68. The Morgan fingerprint density at radius 1 is 1.25 bits per heavy atom. The van der Waals surface area contributed by atoms with Crippen LogP contribution in [0.15, 0.2) is 35.2 Å². The minimum Gasteiger partial charge on any atom is -0.480 e. The third-order valence-corrected chi connectivity index (χ3v) is 5.50. The maximum absolute atomic E-state index is 11.8. The molecule has 2 aliphatic rings. The van der Waals surface area contributed by atoms with Crippen LogP contribution in [0.4, 0.5) is 0 Å². The highest BCUT2D eigenvalue weighted by Crippen LogP contribution is 2.40. The van der Waals surface area contributed by atoms with Crippen LogP contribution in [0.2, 0.25) is 0 Å². The lowest BCUT2D eigenvalue weighted by atomic mass is 9.81. The van der Waals surface area contributed by atoms with Crippen LogP contribution in [-0.4, -0.2) is 27.9 Å². The van der Waals surface area contributed by atoms with E-state index in [4.69, 9.17) is 0 Å². The van der Waals surface area contributed by atoms with Crippen LogP contribution in [0.3, 0.4) is 0 Å². The standard InChI is InChI=1S/C16H21NO2S/c18-15(19)16(17-12-8-9-12)10-4-7-14(11-16)20-13-5-2-1-3-6-13/h1-3,5-6,12,14,17H,4,7-11H2,(H,18,19). The Balaban J connectivity index is 1.69. The molecule has 3 rings (SSSR count). The van der Waals surface area contributed by atoms with Crippen LogP contribution in [0.5, 0.6) is 0 Å². The van der Waals surface area contributed by atoms with Crippen LogP contribution in [-0.2, 0) is 4.79 Å². The number of carbonyl (C=O) groups is 1. The van der Waals surface area contributed by atoms with Crippen LogP contribution < -0.4 is 5.32 Å². The van der Waals surface area contributed by atoms with Crippen molar-refractivity contribution in [2.45, 2.75) is 60.3 Å². The average molecular weight is 291 g/mol. The van der Waals surface area contributed by atoms with E-state index in [1.807, 2.05) is 30.0 Å². The molecule has 2 unspecified atom stereocenters. The molecule has 2 atom stereocenters. The van der Waals surface area contributed by atoms with E-state index < -0.39 is 11.5 Å².